The number of amides is 1. The fourth-order valence-electron chi connectivity index (χ4n) is 1.02. The minimum atomic E-state index is -0.665. The monoisotopic (exact) mass is 318 g/mol. The highest BCUT2D eigenvalue weighted by Gasteiger charge is 2.03. The SMILES string of the molecule is CCC/C(Cl)=N/OC(=O)Nc1ccc(Br)cc1. The molecule has 0 bridgehead atoms. The first kappa shape index (κ1) is 14.0. The predicted molar refractivity (Wildman–Crippen MR) is 72.4 cm³/mol. The Morgan fingerprint density at radius 3 is 2.71 bits per heavy atom. The van der Waals surface area contributed by atoms with Gasteiger partial charge < -0.3 is 0 Å². The Labute approximate surface area is 113 Å². The van der Waals surface area contributed by atoms with Crippen LogP contribution in [0.4, 0.5) is 10.5 Å². The summed E-state index contributed by atoms with van der Waals surface area (Å²) < 4.78 is 0.931. The quantitative estimate of drug-likeness (QED) is 0.509. The summed E-state index contributed by atoms with van der Waals surface area (Å²) in [5.74, 6) is 0. The van der Waals surface area contributed by atoms with Crippen LogP contribution in [0, 0.1) is 0 Å². The highest BCUT2D eigenvalue weighted by Crippen LogP contribution is 2.14. The van der Waals surface area contributed by atoms with E-state index < -0.39 is 6.09 Å². The molecule has 4 nitrogen and oxygen atoms in total. The van der Waals surface area contributed by atoms with Gasteiger partial charge in [-0.3, -0.25) is 10.2 Å². The van der Waals surface area contributed by atoms with E-state index in [2.05, 4.69) is 31.2 Å². The number of halogens is 2. The standard InChI is InChI=1S/C11H12BrClN2O2/c1-2-3-10(13)15-17-11(16)14-9-6-4-8(12)5-7-9/h4-7H,2-3H2,1H3,(H,14,16)/b15-10-. The van der Waals surface area contributed by atoms with E-state index in [1.165, 1.54) is 0 Å². The Morgan fingerprint density at radius 1 is 1.47 bits per heavy atom. The van der Waals surface area contributed by atoms with Crippen LogP contribution < -0.4 is 5.32 Å². The number of nitrogens with zero attached hydrogens (tertiary/aromatic N) is 1. The van der Waals surface area contributed by atoms with Gasteiger partial charge in [-0.1, -0.05) is 39.6 Å². The van der Waals surface area contributed by atoms with Gasteiger partial charge in [0.1, 0.15) is 5.17 Å². The van der Waals surface area contributed by atoms with Crippen molar-refractivity contribution in [2.24, 2.45) is 5.16 Å². The van der Waals surface area contributed by atoms with Crippen molar-refractivity contribution in [3.63, 3.8) is 0 Å². The second-order valence-electron chi connectivity index (χ2n) is 3.23. The van der Waals surface area contributed by atoms with Crippen LogP contribution in [0.3, 0.4) is 0 Å². The van der Waals surface area contributed by atoms with Crippen LogP contribution in [-0.4, -0.2) is 11.3 Å². The summed E-state index contributed by atoms with van der Waals surface area (Å²) in [7, 11) is 0. The Hall–Kier alpha value is -1.07. The second-order valence-corrected chi connectivity index (χ2v) is 4.58. The predicted octanol–water partition coefficient (Wildman–Crippen LogP) is 4.35. The van der Waals surface area contributed by atoms with Crippen LogP contribution in [0.15, 0.2) is 33.9 Å². The van der Waals surface area contributed by atoms with Crippen LogP contribution in [0.1, 0.15) is 19.8 Å². The van der Waals surface area contributed by atoms with Gasteiger partial charge >= 0.3 is 6.09 Å². The van der Waals surface area contributed by atoms with Gasteiger partial charge in [0.05, 0.1) is 0 Å². The number of carbonyl (C=O) groups is 1. The number of anilines is 1. The maximum absolute atomic E-state index is 11.3. The zero-order valence-corrected chi connectivity index (χ0v) is 11.6. The molecule has 17 heavy (non-hydrogen) atoms. The molecule has 1 aromatic carbocycles. The van der Waals surface area contributed by atoms with Crippen molar-refractivity contribution in [1.82, 2.24) is 0 Å². The van der Waals surface area contributed by atoms with Crippen LogP contribution in [0.25, 0.3) is 0 Å². The smallest absolute Gasteiger partial charge is 0.297 e. The second kappa shape index (κ2) is 7.29. The third kappa shape index (κ3) is 5.70. The average molecular weight is 320 g/mol. The van der Waals surface area contributed by atoms with E-state index in [0.29, 0.717) is 12.1 Å². The van der Waals surface area contributed by atoms with Crippen LogP contribution >= 0.6 is 27.5 Å². The van der Waals surface area contributed by atoms with Crippen LogP contribution in [0.2, 0.25) is 0 Å². The van der Waals surface area contributed by atoms with Crippen molar-refractivity contribution in [2.75, 3.05) is 5.32 Å². The van der Waals surface area contributed by atoms with E-state index in [1.54, 1.807) is 12.1 Å². The summed E-state index contributed by atoms with van der Waals surface area (Å²) in [6.07, 6.45) is 0.772. The van der Waals surface area contributed by atoms with Crippen molar-refractivity contribution >= 4 is 44.5 Å². The van der Waals surface area contributed by atoms with E-state index in [1.807, 2.05) is 19.1 Å². The van der Waals surface area contributed by atoms with Gasteiger partial charge in [0.15, 0.2) is 0 Å². The fourth-order valence-corrected chi connectivity index (χ4v) is 1.50. The number of nitrogens with one attached hydrogen (secondary N) is 1. The molecule has 0 heterocycles. The number of rotatable bonds is 4. The van der Waals surface area contributed by atoms with Gasteiger partial charge in [0.2, 0.25) is 0 Å². The molecule has 0 radical (unpaired) electrons. The van der Waals surface area contributed by atoms with Gasteiger partial charge in [0, 0.05) is 16.6 Å². The normalized spacial score (nSPS) is 11.1. The average Bonchev–Trinajstić information content (AvgIpc) is 2.30. The molecule has 0 aliphatic heterocycles. The molecule has 0 spiro atoms. The first-order valence-electron chi connectivity index (χ1n) is 5.07. The van der Waals surface area contributed by atoms with Gasteiger partial charge in [0.25, 0.3) is 0 Å². The highest BCUT2D eigenvalue weighted by molar-refractivity contribution is 9.10. The molecule has 0 saturated heterocycles. The third-order valence-electron chi connectivity index (χ3n) is 1.77. The number of hydrogen-bond acceptors (Lipinski definition) is 3. The molecule has 6 heteroatoms. The van der Waals surface area contributed by atoms with Crippen molar-refractivity contribution in [3.05, 3.63) is 28.7 Å². The molecule has 1 rings (SSSR count). The molecule has 0 aliphatic rings. The molecule has 0 saturated carbocycles. The summed E-state index contributed by atoms with van der Waals surface area (Å²) >= 11 is 8.98. The Bertz CT molecular complexity index is 406. The molecule has 1 N–H and O–H groups in total. The molecule has 92 valence electrons. The molecule has 0 unspecified atom stereocenters. The molecule has 0 aliphatic carbocycles. The van der Waals surface area contributed by atoms with E-state index >= 15 is 0 Å². The lowest BCUT2D eigenvalue weighted by Gasteiger charge is -2.02. The molecule has 1 amide bonds. The van der Waals surface area contributed by atoms with Crippen LogP contribution in [0.5, 0.6) is 0 Å². The van der Waals surface area contributed by atoms with Crippen LogP contribution in [-0.2, 0) is 4.84 Å². The summed E-state index contributed by atoms with van der Waals surface area (Å²) in [6, 6.07) is 7.09. The highest BCUT2D eigenvalue weighted by atomic mass is 79.9. The minimum absolute atomic E-state index is 0.276. The maximum atomic E-state index is 11.3. The lowest BCUT2D eigenvalue weighted by atomic mass is 10.3. The number of carbonyl (C=O) groups excluding carboxylic acids is 1. The maximum Gasteiger partial charge on any atom is 0.437 e. The minimum Gasteiger partial charge on any atom is -0.297 e. The van der Waals surface area contributed by atoms with Crippen molar-refractivity contribution < 1.29 is 9.63 Å². The number of hydrogen-bond donors (Lipinski definition) is 1. The summed E-state index contributed by atoms with van der Waals surface area (Å²) in [4.78, 5) is 15.9. The van der Waals surface area contributed by atoms with Gasteiger partial charge in [-0.05, 0) is 30.7 Å². The molecule has 0 aromatic heterocycles. The Morgan fingerprint density at radius 2 is 2.12 bits per heavy atom. The number of benzene rings is 1. The number of oxime groups is 1. The molecule has 0 fully saturated rings. The lowest BCUT2D eigenvalue weighted by molar-refractivity contribution is 0.166. The van der Waals surface area contributed by atoms with Gasteiger partial charge in [-0.25, -0.2) is 4.79 Å². The zero-order valence-electron chi connectivity index (χ0n) is 9.24. The summed E-state index contributed by atoms with van der Waals surface area (Å²) in [5, 5.41) is 6.28. The molecular formula is C11H12BrClN2O2. The molecular weight excluding hydrogens is 307 g/mol. The van der Waals surface area contributed by atoms with E-state index in [4.69, 9.17) is 11.6 Å². The van der Waals surface area contributed by atoms with Crippen molar-refractivity contribution in [2.45, 2.75) is 19.8 Å². The van der Waals surface area contributed by atoms with E-state index in [9.17, 15) is 4.79 Å². The van der Waals surface area contributed by atoms with E-state index in [0.717, 1.165) is 10.9 Å². The first-order chi connectivity index (χ1) is 8.11. The van der Waals surface area contributed by atoms with Gasteiger partial charge in [-0.2, -0.15) is 0 Å². The summed E-state index contributed by atoms with van der Waals surface area (Å²) in [6.45, 7) is 1.96. The van der Waals surface area contributed by atoms with Gasteiger partial charge in [-0.15, -0.1) is 0 Å². The Kier molecular flexibility index (Phi) is 6.00. The largest absolute Gasteiger partial charge is 0.437 e. The summed E-state index contributed by atoms with van der Waals surface area (Å²) in [5.41, 5.74) is 0.625. The van der Waals surface area contributed by atoms with Crippen molar-refractivity contribution in [1.29, 1.82) is 0 Å². The van der Waals surface area contributed by atoms with E-state index in [-0.39, 0.29) is 5.17 Å². The third-order valence-corrected chi connectivity index (χ3v) is 2.56. The zero-order chi connectivity index (χ0) is 12.7. The first-order valence-corrected chi connectivity index (χ1v) is 6.25. The topological polar surface area (TPSA) is 50.7 Å². The Balaban J connectivity index is 2.44. The molecule has 1 aromatic rings. The lowest BCUT2D eigenvalue weighted by Crippen LogP contribution is -2.11. The van der Waals surface area contributed by atoms with Crippen molar-refractivity contribution in [3.8, 4) is 0 Å². The molecule has 0 atom stereocenters. The fraction of sp³-hybridized carbons (Fsp3) is 0.273.